The van der Waals surface area contributed by atoms with Crippen LogP contribution in [0.15, 0.2) is 22.7 Å². The van der Waals surface area contributed by atoms with Crippen molar-refractivity contribution in [2.45, 2.75) is 0 Å². The topological polar surface area (TPSA) is 49.3 Å². The number of benzene rings is 1. The first-order valence-electron chi connectivity index (χ1n) is 3.04. The molecule has 64 valence electrons. The molecule has 0 aliphatic heterocycles. The highest BCUT2D eigenvalue weighted by Gasteiger charge is 2.00. The van der Waals surface area contributed by atoms with Gasteiger partial charge in [-0.05, 0) is 34.1 Å². The van der Waals surface area contributed by atoms with Crippen molar-refractivity contribution in [3.05, 3.63) is 27.7 Å². The lowest BCUT2D eigenvalue weighted by atomic mass is 10.3. The standard InChI is InChI=1S/C7H5BrClNO2/c8-5-3-4(10-7(11)12)1-2-6(5)9/h1-3,10H,(H,11,12). The van der Waals surface area contributed by atoms with Gasteiger partial charge in [-0.3, -0.25) is 5.32 Å². The molecule has 2 N–H and O–H groups in total. The van der Waals surface area contributed by atoms with Gasteiger partial charge < -0.3 is 5.11 Å². The van der Waals surface area contributed by atoms with Gasteiger partial charge in [-0.2, -0.15) is 0 Å². The Morgan fingerprint density at radius 3 is 2.75 bits per heavy atom. The summed E-state index contributed by atoms with van der Waals surface area (Å²) in [4.78, 5) is 10.2. The van der Waals surface area contributed by atoms with Gasteiger partial charge in [0, 0.05) is 10.2 Å². The Morgan fingerprint density at radius 1 is 1.58 bits per heavy atom. The summed E-state index contributed by atoms with van der Waals surface area (Å²) in [6.45, 7) is 0. The predicted octanol–water partition coefficient (Wildman–Crippen LogP) is 3.19. The van der Waals surface area contributed by atoms with Gasteiger partial charge in [0.15, 0.2) is 0 Å². The second-order valence-corrected chi connectivity index (χ2v) is 3.32. The van der Waals surface area contributed by atoms with E-state index in [4.69, 9.17) is 16.7 Å². The Kier molecular flexibility index (Phi) is 2.94. The van der Waals surface area contributed by atoms with Crippen molar-refractivity contribution in [2.75, 3.05) is 5.32 Å². The Bertz CT molecular complexity index is 316. The molecule has 0 fully saturated rings. The minimum Gasteiger partial charge on any atom is -0.465 e. The van der Waals surface area contributed by atoms with Crippen molar-refractivity contribution in [3.8, 4) is 0 Å². The van der Waals surface area contributed by atoms with E-state index < -0.39 is 6.09 Å². The number of carboxylic acid groups (broad SMARTS) is 1. The van der Waals surface area contributed by atoms with Gasteiger partial charge in [0.1, 0.15) is 0 Å². The van der Waals surface area contributed by atoms with Crippen molar-refractivity contribution in [1.82, 2.24) is 0 Å². The number of anilines is 1. The molecular weight excluding hydrogens is 245 g/mol. The molecule has 0 aromatic heterocycles. The van der Waals surface area contributed by atoms with Crippen LogP contribution < -0.4 is 5.32 Å². The van der Waals surface area contributed by atoms with E-state index in [2.05, 4.69) is 21.2 Å². The Morgan fingerprint density at radius 2 is 2.25 bits per heavy atom. The number of hydrogen-bond donors (Lipinski definition) is 2. The summed E-state index contributed by atoms with van der Waals surface area (Å²) in [5, 5.41) is 11.1. The highest BCUT2D eigenvalue weighted by atomic mass is 79.9. The van der Waals surface area contributed by atoms with Crippen molar-refractivity contribution < 1.29 is 9.90 Å². The van der Waals surface area contributed by atoms with E-state index in [-0.39, 0.29) is 0 Å². The van der Waals surface area contributed by atoms with Crippen molar-refractivity contribution in [3.63, 3.8) is 0 Å². The Labute approximate surface area is 82.5 Å². The molecule has 0 unspecified atom stereocenters. The van der Waals surface area contributed by atoms with Crippen LogP contribution in [0.3, 0.4) is 0 Å². The van der Waals surface area contributed by atoms with Gasteiger partial charge in [0.2, 0.25) is 0 Å². The van der Waals surface area contributed by atoms with Gasteiger partial charge in [0.25, 0.3) is 0 Å². The van der Waals surface area contributed by atoms with E-state index in [9.17, 15) is 4.79 Å². The molecule has 0 saturated heterocycles. The van der Waals surface area contributed by atoms with Crippen molar-refractivity contribution in [2.24, 2.45) is 0 Å². The SMILES string of the molecule is O=C(O)Nc1ccc(Cl)c(Br)c1. The number of hydrogen-bond acceptors (Lipinski definition) is 1. The number of nitrogens with one attached hydrogen (secondary N) is 1. The number of rotatable bonds is 1. The summed E-state index contributed by atoms with van der Waals surface area (Å²) >= 11 is 8.87. The highest BCUT2D eigenvalue weighted by molar-refractivity contribution is 9.10. The maximum absolute atomic E-state index is 10.2. The third-order valence-electron chi connectivity index (χ3n) is 1.17. The molecule has 1 aromatic carbocycles. The summed E-state index contributed by atoms with van der Waals surface area (Å²) in [6.07, 6.45) is -1.09. The summed E-state index contributed by atoms with van der Waals surface area (Å²) in [5.74, 6) is 0. The molecule has 1 aromatic rings. The molecule has 0 aliphatic rings. The molecule has 0 aliphatic carbocycles. The first kappa shape index (κ1) is 9.35. The van der Waals surface area contributed by atoms with E-state index >= 15 is 0 Å². The maximum atomic E-state index is 10.2. The fraction of sp³-hybridized carbons (Fsp3) is 0. The highest BCUT2D eigenvalue weighted by Crippen LogP contribution is 2.25. The van der Waals surface area contributed by atoms with Crippen LogP contribution in [0.5, 0.6) is 0 Å². The molecule has 0 saturated carbocycles. The Balaban J connectivity index is 2.89. The molecule has 1 amide bonds. The van der Waals surface area contributed by atoms with Crippen molar-refractivity contribution in [1.29, 1.82) is 0 Å². The van der Waals surface area contributed by atoms with Crippen LogP contribution in [0.2, 0.25) is 5.02 Å². The molecule has 0 atom stereocenters. The second-order valence-electron chi connectivity index (χ2n) is 2.06. The first-order valence-corrected chi connectivity index (χ1v) is 4.21. The van der Waals surface area contributed by atoms with Gasteiger partial charge in [-0.15, -0.1) is 0 Å². The van der Waals surface area contributed by atoms with Gasteiger partial charge in [-0.1, -0.05) is 11.6 Å². The molecule has 5 heteroatoms. The zero-order valence-corrected chi connectivity index (χ0v) is 8.19. The summed E-state index contributed by atoms with van der Waals surface area (Å²) in [5.41, 5.74) is 0.485. The second kappa shape index (κ2) is 3.78. The molecule has 0 heterocycles. The van der Waals surface area contributed by atoms with Crippen LogP contribution in [-0.4, -0.2) is 11.2 Å². The zero-order valence-electron chi connectivity index (χ0n) is 5.84. The third kappa shape index (κ3) is 2.39. The predicted molar refractivity (Wildman–Crippen MR) is 50.8 cm³/mol. The van der Waals surface area contributed by atoms with Crippen LogP contribution in [-0.2, 0) is 0 Å². The van der Waals surface area contributed by atoms with Crippen LogP contribution in [0, 0.1) is 0 Å². The third-order valence-corrected chi connectivity index (χ3v) is 2.38. The monoisotopic (exact) mass is 249 g/mol. The number of amides is 1. The quantitative estimate of drug-likeness (QED) is 0.804. The average molecular weight is 250 g/mol. The van der Waals surface area contributed by atoms with E-state index in [1.807, 2.05) is 0 Å². The average Bonchev–Trinajstić information content (AvgIpc) is 1.96. The summed E-state index contributed by atoms with van der Waals surface area (Å²) in [6, 6.07) is 4.79. The van der Waals surface area contributed by atoms with Crippen molar-refractivity contribution >= 4 is 39.3 Å². The lowest BCUT2D eigenvalue weighted by molar-refractivity contribution is 0.210. The lowest BCUT2D eigenvalue weighted by Gasteiger charge is -2.01. The zero-order chi connectivity index (χ0) is 9.14. The number of carbonyl (C=O) groups is 1. The Hall–Kier alpha value is -0.740. The van der Waals surface area contributed by atoms with E-state index in [1.165, 1.54) is 0 Å². The van der Waals surface area contributed by atoms with Gasteiger partial charge in [0.05, 0.1) is 5.02 Å². The molecule has 0 spiro atoms. The molecule has 3 nitrogen and oxygen atoms in total. The molecule has 12 heavy (non-hydrogen) atoms. The number of halogens is 2. The molecule has 0 bridgehead atoms. The van der Waals surface area contributed by atoms with E-state index in [0.29, 0.717) is 15.2 Å². The minimum absolute atomic E-state index is 0.485. The minimum atomic E-state index is -1.09. The van der Waals surface area contributed by atoms with Crippen LogP contribution in [0.1, 0.15) is 0 Å². The smallest absolute Gasteiger partial charge is 0.409 e. The van der Waals surface area contributed by atoms with Gasteiger partial charge >= 0.3 is 6.09 Å². The fourth-order valence-electron chi connectivity index (χ4n) is 0.697. The van der Waals surface area contributed by atoms with Crippen LogP contribution in [0.25, 0.3) is 0 Å². The lowest BCUT2D eigenvalue weighted by Crippen LogP contribution is -2.06. The fourth-order valence-corrected chi connectivity index (χ4v) is 1.19. The molecule has 0 radical (unpaired) electrons. The normalized spacial score (nSPS) is 9.50. The largest absolute Gasteiger partial charge is 0.465 e. The summed E-state index contributed by atoms with van der Waals surface area (Å²) < 4.78 is 0.662. The summed E-state index contributed by atoms with van der Waals surface area (Å²) in [7, 11) is 0. The first-order chi connectivity index (χ1) is 5.59. The van der Waals surface area contributed by atoms with Crippen LogP contribution >= 0.6 is 27.5 Å². The molecular formula is C7H5BrClNO2. The maximum Gasteiger partial charge on any atom is 0.409 e. The van der Waals surface area contributed by atoms with Crippen LogP contribution in [0.4, 0.5) is 10.5 Å². The van der Waals surface area contributed by atoms with Gasteiger partial charge in [-0.25, -0.2) is 4.79 Å². The van der Waals surface area contributed by atoms with E-state index in [0.717, 1.165) is 0 Å². The van der Waals surface area contributed by atoms with E-state index in [1.54, 1.807) is 18.2 Å². The molecule has 1 rings (SSSR count).